The van der Waals surface area contributed by atoms with E-state index in [1.807, 2.05) is 0 Å². The molecule has 0 aliphatic rings. The van der Waals surface area contributed by atoms with Gasteiger partial charge in [-0.3, -0.25) is 0 Å². The van der Waals surface area contributed by atoms with E-state index >= 15 is 0 Å². The van der Waals surface area contributed by atoms with E-state index in [4.69, 9.17) is 9.84 Å². The molecule has 0 aromatic rings. The number of aliphatic hydroxyl groups is 1. The molecule has 0 saturated heterocycles. The summed E-state index contributed by atoms with van der Waals surface area (Å²) in [7, 11) is 0. The van der Waals surface area contributed by atoms with E-state index in [0.717, 1.165) is 0 Å². The maximum Gasteiger partial charge on any atom is 0.408 e. The topological polar surface area (TPSA) is 75.6 Å². The van der Waals surface area contributed by atoms with Gasteiger partial charge in [0.1, 0.15) is 11.9 Å². The Bertz CT molecular complexity index is 223. The predicted octanol–water partition coefficient (Wildman–Crippen LogP) is 1.24. The number of hydrogen-bond acceptors (Lipinski definition) is 4. The summed E-state index contributed by atoms with van der Waals surface area (Å²) in [6.45, 7) is 5.37. The van der Waals surface area contributed by atoms with E-state index in [2.05, 4.69) is 5.32 Å². The summed E-state index contributed by atoms with van der Waals surface area (Å²) in [5, 5.41) is 11.1. The lowest BCUT2D eigenvalue weighted by Crippen LogP contribution is -2.39. The number of alkyl carbamates (subject to hydrolysis) is 1. The van der Waals surface area contributed by atoms with Crippen LogP contribution < -0.4 is 5.32 Å². The highest BCUT2D eigenvalue weighted by atomic mass is 16.6. The zero-order chi connectivity index (χ0) is 12.6. The van der Waals surface area contributed by atoms with Crippen LogP contribution in [0.1, 0.15) is 40.0 Å². The number of carbonyl (C=O) groups excluding carboxylic acids is 2. The molecule has 94 valence electrons. The zero-order valence-electron chi connectivity index (χ0n) is 10.2. The van der Waals surface area contributed by atoms with Gasteiger partial charge >= 0.3 is 6.09 Å². The molecule has 0 spiro atoms. The fourth-order valence-electron chi connectivity index (χ4n) is 1.11. The number of unbranched alkanes of at least 4 members (excludes halogenated alkanes) is 1. The maximum absolute atomic E-state index is 11.3. The monoisotopic (exact) mass is 231 g/mol. The summed E-state index contributed by atoms with van der Waals surface area (Å²) in [4.78, 5) is 22.0. The van der Waals surface area contributed by atoms with Gasteiger partial charge in [-0.15, -0.1) is 0 Å². The van der Waals surface area contributed by atoms with Crippen LogP contribution in [0.15, 0.2) is 0 Å². The van der Waals surface area contributed by atoms with Gasteiger partial charge in [-0.2, -0.15) is 0 Å². The minimum absolute atomic E-state index is 0.0953. The molecular weight excluding hydrogens is 210 g/mol. The van der Waals surface area contributed by atoms with Crippen LogP contribution in [0.25, 0.3) is 0 Å². The first kappa shape index (κ1) is 14.9. The van der Waals surface area contributed by atoms with Crippen molar-refractivity contribution in [2.45, 2.75) is 51.7 Å². The molecule has 1 atom stereocenters. The van der Waals surface area contributed by atoms with Crippen LogP contribution in [0, 0.1) is 0 Å². The molecule has 0 fully saturated rings. The predicted molar refractivity (Wildman–Crippen MR) is 60.2 cm³/mol. The van der Waals surface area contributed by atoms with Crippen LogP contribution in [0.2, 0.25) is 0 Å². The second kappa shape index (κ2) is 7.22. The highest BCUT2D eigenvalue weighted by molar-refractivity contribution is 5.73. The van der Waals surface area contributed by atoms with Crippen molar-refractivity contribution in [3.05, 3.63) is 0 Å². The van der Waals surface area contributed by atoms with Crippen molar-refractivity contribution in [2.24, 2.45) is 0 Å². The molecule has 0 saturated carbocycles. The Morgan fingerprint density at radius 2 is 2.06 bits per heavy atom. The van der Waals surface area contributed by atoms with Gasteiger partial charge in [0.2, 0.25) is 0 Å². The molecule has 1 amide bonds. The lowest BCUT2D eigenvalue weighted by Gasteiger charge is -2.21. The Hall–Kier alpha value is -1.10. The van der Waals surface area contributed by atoms with Crippen molar-refractivity contribution in [1.29, 1.82) is 0 Å². The van der Waals surface area contributed by atoms with Crippen molar-refractivity contribution in [3.8, 4) is 0 Å². The Morgan fingerprint density at radius 1 is 1.44 bits per heavy atom. The number of rotatable bonds is 6. The smallest absolute Gasteiger partial charge is 0.408 e. The molecule has 5 heteroatoms. The van der Waals surface area contributed by atoms with E-state index in [1.54, 1.807) is 20.8 Å². The summed E-state index contributed by atoms with van der Waals surface area (Å²) >= 11 is 0. The summed E-state index contributed by atoms with van der Waals surface area (Å²) in [5.74, 6) is 0. The number of ether oxygens (including phenoxy) is 1. The summed E-state index contributed by atoms with van der Waals surface area (Å²) in [6.07, 6.45) is 1.93. The minimum atomic E-state index is -0.589. The SMILES string of the molecule is CC(C)(C)OC(=O)N[C@H](C=O)CCCCO. The molecule has 0 aliphatic heterocycles. The molecular formula is C11H21NO4. The number of aldehydes is 1. The van der Waals surface area contributed by atoms with Crippen LogP contribution in [0.3, 0.4) is 0 Å². The lowest BCUT2D eigenvalue weighted by atomic mass is 10.1. The Labute approximate surface area is 96.2 Å². The molecule has 0 rings (SSSR count). The zero-order valence-corrected chi connectivity index (χ0v) is 10.2. The average molecular weight is 231 g/mol. The van der Waals surface area contributed by atoms with E-state index in [-0.39, 0.29) is 6.61 Å². The molecule has 0 aromatic carbocycles. The highest BCUT2D eigenvalue weighted by Gasteiger charge is 2.18. The summed E-state index contributed by atoms with van der Waals surface area (Å²) in [6, 6.07) is -0.540. The second-order valence-electron chi connectivity index (χ2n) is 4.61. The molecule has 2 N–H and O–H groups in total. The molecule has 0 unspecified atom stereocenters. The van der Waals surface area contributed by atoms with Gasteiger partial charge < -0.3 is 20.0 Å². The molecule has 0 aliphatic carbocycles. The molecule has 0 aromatic heterocycles. The van der Waals surface area contributed by atoms with Crippen LogP contribution in [-0.4, -0.2) is 35.7 Å². The van der Waals surface area contributed by atoms with Crippen molar-refractivity contribution < 1.29 is 19.4 Å². The van der Waals surface area contributed by atoms with Gasteiger partial charge in [0.15, 0.2) is 0 Å². The maximum atomic E-state index is 11.3. The summed E-state index contributed by atoms with van der Waals surface area (Å²) in [5.41, 5.74) is -0.567. The second-order valence-corrected chi connectivity index (χ2v) is 4.61. The number of hydrogen-bond donors (Lipinski definition) is 2. The van der Waals surface area contributed by atoms with Crippen molar-refractivity contribution >= 4 is 12.4 Å². The molecule has 5 nitrogen and oxygen atoms in total. The van der Waals surface area contributed by atoms with E-state index in [9.17, 15) is 9.59 Å². The van der Waals surface area contributed by atoms with Crippen molar-refractivity contribution in [3.63, 3.8) is 0 Å². The number of nitrogens with one attached hydrogen (secondary N) is 1. The Balaban J connectivity index is 3.92. The van der Waals surface area contributed by atoms with E-state index in [1.165, 1.54) is 0 Å². The molecule has 16 heavy (non-hydrogen) atoms. The number of carbonyl (C=O) groups is 2. The van der Waals surface area contributed by atoms with Crippen LogP contribution >= 0.6 is 0 Å². The molecule has 0 bridgehead atoms. The largest absolute Gasteiger partial charge is 0.444 e. The quantitative estimate of drug-likeness (QED) is 0.532. The van der Waals surface area contributed by atoms with Gasteiger partial charge in [-0.05, 0) is 40.0 Å². The van der Waals surface area contributed by atoms with Gasteiger partial charge in [-0.25, -0.2) is 4.79 Å². The van der Waals surface area contributed by atoms with Crippen LogP contribution in [0.4, 0.5) is 4.79 Å². The summed E-state index contributed by atoms with van der Waals surface area (Å²) < 4.78 is 5.02. The van der Waals surface area contributed by atoms with Gasteiger partial charge in [0, 0.05) is 6.61 Å². The van der Waals surface area contributed by atoms with Gasteiger partial charge in [-0.1, -0.05) is 0 Å². The third kappa shape index (κ3) is 8.23. The fourth-order valence-corrected chi connectivity index (χ4v) is 1.11. The standard InChI is InChI=1S/C11H21NO4/c1-11(2,3)16-10(15)12-9(8-14)6-4-5-7-13/h8-9,13H,4-7H2,1-3H3,(H,12,15)/t9-/m0/s1. The Kier molecular flexibility index (Phi) is 6.72. The van der Waals surface area contributed by atoms with Crippen molar-refractivity contribution in [2.75, 3.05) is 6.61 Å². The fraction of sp³-hybridized carbons (Fsp3) is 0.818. The molecule has 0 heterocycles. The van der Waals surface area contributed by atoms with Crippen LogP contribution in [0.5, 0.6) is 0 Å². The first-order valence-electron chi connectivity index (χ1n) is 5.44. The number of aliphatic hydroxyl groups excluding tert-OH is 1. The minimum Gasteiger partial charge on any atom is -0.444 e. The Morgan fingerprint density at radius 3 is 2.50 bits per heavy atom. The van der Waals surface area contributed by atoms with Gasteiger partial charge in [0.05, 0.1) is 6.04 Å². The van der Waals surface area contributed by atoms with Crippen LogP contribution in [-0.2, 0) is 9.53 Å². The van der Waals surface area contributed by atoms with Crippen molar-refractivity contribution in [1.82, 2.24) is 5.32 Å². The lowest BCUT2D eigenvalue weighted by molar-refractivity contribution is -0.109. The van der Waals surface area contributed by atoms with E-state index in [0.29, 0.717) is 25.5 Å². The first-order valence-corrected chi connectivity index (χ1v) is 5.44. The highest BCUT2D eigenvalue weighted by Crippen LogP contribution is 2.07. The molecule has 0 radical (unpaired) electrons. The third-order valence-electron chi connectivity index (χ3n) is 1.79. The first-order chi connectivity index (χ1) is 7.39. The normalized spacial score (nSPS) is 13.0. The van der Waals surface area contributed by atoms with E-state index < -0.39 is 17.7 Å². The third-order valence-corrected chi connectivity index (χ3v) is 1.79. The number of amides is 1. The average Bonchev–Trinajstić information content (AvgIpc) is 2.13. The van der Waals surface area contributed by atoms with Gasteiger partial charge in [0.25, 0.3) is 0 Å².